The lowest BCUT2D eigenvalue weighted by Crippen LogP contribution is -2.22. The van der Waals surface area contributed by atoms with Gasteiger partial charge in [-0.2, -0.15) is 0 Å². The van der Waals surface area contributed by atoms with Crippen molar-refractivity contribution in [1.29, 1.82) is 0 Å². The summed E-state index contributed by atoms with van der Waals surface area (Å²) >= 11 is 3.54. The van der Waals surface area contributed by atoms with Gasteiger partial charge >= 0.3 is 0 Å². The molecule has 5 heteroatoms. The Hall–Kier alpha value is -0.940. The number of halogens is 1. The molecule has 1 aliphatic carbocycles. The summed E-state index contributed by atoms with van der Waals surface area (Å²) < 4.78 is 1.04. The third-order valence-electron chi connectivity index (χ3n) is 4.48. The van der Waals surface area contributed by atoms with E-state index in [4.69, 9.17) is 0 Å². The van der Waals surface area contributed by atoms with Crippen molar-refractivity contribution in [3.05, 3.63) is 28.2 Å². The summed E-state index contributed by atoms with van der Waals surface area (Å²) in [6.07, 6.45) is 6.37. The molecule has 3 rings (SSSR count). The minimum Gasteiger partial charge on any atom is -0.392 e. The van der Waals surface area contributed by atoms with Gasteiger partial charge in [0.1, 0.15) is 0 Å². The van der Waals surface area contributed by atoms with E-state index in [-0.39, 0.29) is 12.0 Å². The Morgan fingerprint density at radius 3 is 2.62 bits per heavy atom. The molecule has 1 aromatic carbocycles. The third kappa shape index (κ3) is 3.64. The summed E-state index contributed by atoms with van der Waals surface area (Å²) in [6, 6.07) is 6.09. The minimum atomic E-state index is -0.256. The highest BCUT2D eigenvalue weighted by atomic mass is 79.9. The van der Waals surface area contributed by atoms with Crippen LogP contribution < -0.4 is 0 Å². The van der Waals surface area contributed by atoms with Gasteiger partial charge < -0.3 is 5.11 Å². The maximum atomic E-state index is 10.3. The van der Waals surface area contributed by atoms with E-state index in [1.807, 2.05) is 17.1 Å². The van der Waals surface area contributed by atoms with Crippen molar-refractivity contribution in [3.8, 4) is 0 Å². The quantitative estimate of drug-likeness (QED) is 0.811. The molecule has 4 nitrogen and oxygen atoms in total. The average Bonchev–Trinajstić information content (AvgIpc) is 3.00. The van der Waals surface area contributed by atoms with Crippen LogP contribution >= 0.6 is 15.9 Å². The number of aliphatic hydroxyl groups is 1. The SMILES string of the molecule is O[C@H]1CCCC[C@@H]1c1cc(Br)ccc1N=NN1CCCC1. The Morgan fingerprint density at radius 1 is 1.10 bits per heavy atom. The lowest BCUT2D eigenvalue weighted by molar-refractivity contribution is 0.106. The van der Waals surface area contributed by atoms with E-state index in [2.05, 4.69) is 32.3 Å². The summed E-state index contributed by atoms with van der Waals surface area (Å²) in [4.78, 5) is 0. The van der Waals surface area contributed by atoms with Gasteiger partial charge in [-0.25, -0.2) is 0 Å². The van der Waals surface area contributed by atoms with E-state index < -0.39 is 0 Å². The second-order valence-corrected chi connectivity index (χ2v) is 6.93. The molecule has 0 spiro atoms. The van der Waals surface area contributed by atoms with Crippen LogP contribution in [-0.4, -0.2) is 29.3 Å². The van der Waals surface area contributed by atoms with Crippen LogP contribution in [0.15, 0.2) is 33.0 Å². The second-order valence-electron chi connectivity index (χ2n) is 6.01. The fourth-order valence-electron chi connectivity index (χ4n) is 3.29. The number of hydrogen-bond donors (Lipinski definition) is 1. The van der Waals surface area contributed by atoms with Crippen LogP contribution in [0.3, 0.4) is 0 Å². The number of rotatable bonds is 3. The van der Waals surface area contributed by atoms with Crippen molar-refractivity contribution in [2.45, 2.75) is 50.5 Å². The van der Waals surface area contributed by atoms with E-state index in [1.165, 1.54) is 19.3 Å². The summed E-state index contributed by atoms with van der Waals surface area (Å²) in [5.74, 6) is 0.184. The van der Waals surface area contributed by atoms with Crippen LogP contribution in [0.5, 0.6) is 0 Å². The number of nitrogens with zero attached hydrogens (tertiary/aromatic N) is 3. The average molecular weight is 352 g/mol. The second kappa shape index (κ2) is 6.88. The monoisotopic (exact) mass is 351 g/mol. The Labute approximate surface area is 134 Å². The largest absolute Gasteiger partial charge is 0.392 e. The van der Waals surface area contributed by atoms with Crippen LogP contribution in [0.1, 0.15) is 50.0 Å². The molecule has 0 unspecified atom stereocenters. The van der Waals surface area contributed by atoms with Crippen molar-refractivity contribution < 1.29 is 5.11 Å². The number of hydrogen-bond acceptors (Lipinski definition) is 3. The van der Waals surface area contributed by atoms with Gasteiger partial charge in [0, 0.05) is 23.5 Å². The maximum absolute atomic E-state index is 10.3. The first-order valence-corrected chi connectivity index (χ1v) is 8.67. The molecule has 0 bridgehead atoms. The topological polar surface area (TPSA) is 48.2 Å². The molecule has 21 heavy (non-hydrogen) atoms. The van der Waals surface area contributed by atoms with Gasteiger partial charge in [0.25, 0.3) is 0 Å². The molecule has 1 saturated heterocycles. The maximum Gasteiger partial charge on any atom is 0.0910 e. The van der Waals surface area contributed by atoms with Gasteiger partial charge in [0.05, 0.1) is 11.8 Å². The first kappa shape index (κ1) is 15.0. The van der Waals surface area contributed by atoms with Gasteiger partial charge in [0.2, 0.25) is 0 Å². The van der Waals surface area contributed by atoms with Crippen molar-refractivity contribution in [3.63, 3.8) is 0 Å². The van der Waals surface area contributed by atoms with Gasteiger partial charge in [0.15, 0.2) is 0 Å². The van der Waals surface area contributed by atoms with Crippen molar-refractivity contribution in [2.75, 3.05) is 13.1 Å². The van der Waals surface area contributed by atoms with E-state index >= 15 is 0 Å². The summed E-state index contributed by atoms with van der Waals surface area (Å²) in [6.45, 7) is 2.00. The highest BCUT2D eigenvalue weighted by Crippen LogP contribution is 2.39. The number of aliphatic hydroxyl groups excluding tert-OH is 1. The Morgan fingerprint density at radius 2 is 1.86 bits per heavy atom. The predicted molar refractivity (Wildman–Crippen MR) is 86.7 cm³/mol. The molecule has 2 atom stereocenters. The van der Waals surface area contributed by atoms with E-state index in [1.54, 1.807) is 0 Å². The Kier molecular flexibility index (Phi) is 4.91. The molecule has 0 radical (unpaired) electrons. The van der Waals surface area contributed by atoms with Gasteiger partial charge in [-0.05, 0) is 49.4 Å². The third-order valence-corrected chi connectivity index (χ3v) is 4.97. The fraction of sp³-hybridized carbons (Fsp3) is 0.625. The first-order chi connectivity index (χ1) is 10.2. The molecule has 1 heterocycles. The lowest BCUT2D eigenvalue weighted by Gasteiger charge is -2.28. The molecule has 1 aliphatic heterocycles. The molecule has 0 aromatic heterocycles. The predicted octanol–water partition coefficient (Wildman–Crippen LogP) is 4.56. The molecule has 0 amide bonds. The lowest BCUT2D eigenvalue weighted by atomic mass is 9.81. The Bertz CT molecular complexity index is 514. The van der Waals surface area contributed by atoms with Crippen LogP contribution in [0.4, 0.5) is 5.69 Å². The first-order valence-electron chi connectivity index (χ1n) is 7.88. The summed E-state index contributed by atoms with van der Waals surface area (Å²) in [5, 5.41) is 21.2. The molecule has 1 N–H and O–H groups in total. The highest BCUT2D eigenvalue weighted by molar-refractivity contribution is 9.10. The number of benzene rings is 1. The molecular weight excluding hydrogens is 330 g/mol. The van der Waals surface area contributed by atoms with Crippen LogP contribution in [0.2, 0.25) is 0 Å². The van der Waals surface area contributed by atoms with Crippen molar-refractivity contribution in [2.24, 2.45) is 10.3 Å². The normalized spacial score (nSPS) is 26.7. The van der Waals surface area contributed by atoms with Crippen LogP contribution in [0, 0.1) is 0 Å². The smallest absolute Gasteiger partial charge is 0.0910 e. The molecule has 1 aromatic rings. The minimum absolute atomic E-state index is 0.184. The van der Waals surface area contributed by atoms with Gasteiger partial charge in [-0.1, -0.05) is 34.0 Å². The van der Waals surface area contributed by atoms with Crippen LogP contribution in [0.25, 0.3) is 0 Å². The van der Waals surface area contributed by atoms with Gasteiger partial charge in [-0.15, -0.1) is 5.11 Å². The van der Waals surface area contributed by atoms with E-state index in [9.17, 15) is 5.11 Å². The molecule has 114 valence electrons. The van der Waals surface area contributed by atoms with Gasteiger partial charge in [-0.3, -0.25) is 5.01 Å². The Balaban J connectivity index is 1.85. The zero-order chi connectivity index (χ0) is 14.7. The molecular formula is C16H22BrN3O. The molecule has 2 fully saturated rings. The van der Waals surface area contributed by atoms with Crippen molar-refractivity contribution in [1.82, 2.24) is 5.01 Å². The zero-order valence-corrected chi connectivity index (χ0v) is 13.8. The van der Waals surface area contributed by atoms with E-state index in [0.29, 0.717) is 0 Å². The molecule has 1 saturated carbocycles. The zero-order valence-electron chi connectivity index (χ0n) is 12.2. The summed E-state index contributed by atoms with van der Waals surface area (Å²) in [7, 11) is 0. The highest BCUT2D eigenvalue weighted by Gasteiger charge is 2.27. The van der Waals surface area contributed by atoms with E-state index in [0.717, 1.165) is 48.1 Å². The standard InChI is InChI=1S/C16H22BrN3O/c17-12-7-8-15(18-19-20-9-3-4-10-20)14(11-12)13-5-1-2-6-16(13)21/h7-8,11,13,16,21H,1-6,9-10H2/t13-,16+/m1/s1. The van der Waals surface area contributed by atoms with Crippen LogP contribution in [-0.2, 0) is 0 Å². The summed E-state index contributed by atoms with van der Waals surface area (Å²) in [5.41, 5.74) is 2.02. The van der Waals surface area contributed by atoms with Crippen molar-refractivity contribution >= 4 is 21.6 Å². The fourth-order valence-corrected chi connectivity index (χ4v) is 3.67. The molecule has 2 aliphatic rings.